The Labute approximate surface area is 126 Å². The van der Waals surface area contributed by atoms with Crippen LogP contribution in [0.1, 0.15) is 64.7 Å². The summed E-state index contributed by atoms with van der Waals surface area (Å²) in [6.07, 6.45) is 6.63. The lowest BCUT2D eigenvalue weighted by atomic mass is 9.77. The molecule has 1 saturated heterocycles. The number of hydrogen-bond donors (Lipinski definition) is 2. The van der Waals surface area contributed by atoms with E-state index in [1.54, 1.807) is 11.8 Å². The predicted molar refractivity (Wildman–Crippen MR) is 78.8 cm³/mol. The molecule has 0 aromatic rings. The fourth-order valence-corrected chi connectivity index (χ4v) is 3.71. The number of carboxylic acids is 1. The molecular formula is C16H27NO4. The molecule has 2 aliphatic rings. The number of carbonyl (C=O) groups excluding carboxylic acids is 1. The number of likely N-dealkylation sites (tertiary alicyclic amines) is 1. The molecule has 2 N–H and O–H groups in total. The summed E-state index contributed by atoms with van der Waals surface area (Å²) in [6, 6.07) is 0. The first-order valence-corrected chi connectivity index (χ1v) is 8.08. The summed E-state index contributed by atoms with van der Waals surface area (Å²) in [5.74, 6) is -0.944. The van der Waals surface area contributed by atoms with E-state index < -0.39 is 17.0 Å². The summed E-state index contributed by atoms with van der Waals surface area (Å²) in [5, 5.41) is 19.8. The van der Waals surface area contributed by atoms with Crippen molar-refractivity contribution >= 4 is 11.9 Å². The van der Waals surface area contributed by atoms with E-state index in [0.29, 0.717) is 32.4 Å². The smallest absolute Gasteiger partial charge is 0.310 e. The van der Waals surface area contributed by atoms with E-state index in [1.807, 2.05) is 0 Å². The monoisotopic (exact) mass is 297 g/mol. The number of piperidine rings is 1. The van der Waals surface area contributed by atoms with Crippen LogP contribution in [-0.2, 0) is 9.59 Å². The lowest BCUT2D eigenvalue weighted by Gasteiger charge is -2.38. The normalized spacial score (nSPS) is 29.7. The Bertz CT molecular complexity index is 397. The molecule has 0 radical (unpaired) electrons. The Hall–Kier alpha value is -1.10. The summed E-state index contributed by atoms with van der Waals surface area (Å²) in [7, 11) is 0. The molecule has 0 aromatic heterocycles. The average molecular weight is 297 g/mol. The Morgan fingerprint density at radius 3 is 2.19 bits per heavy atom. The molecule has 5 heteroatoms. The first-order chi connectivity index (χ1) is 9.85. The number of amides is 1. The SMILES string of the molecule is CC1(O)CCCN(C(=O)CC2(C(=O)O)CCCCCC2)C1. The van der Waals surface area contributed by atoms with Gasteiger partial charge in [-0.25, -0.2) is 0 Å². The van der Waals surface area contributed by atoms with Crippen molar-refractivity contribution in [2.45, 2.75) is 70.3 Å². The second-order valence-electron chi connectivity index (χ2n) is 7.09. The highest BCUT2D eigenvalue weighted by atomic mass is 16.4. The highest BCUT2D eigenvalue weighted by molar-refractivity contribution is 5.85. The van der Waals surface area contributed by atoms with Crippen molar-refractivity contribution in [2.75, 3.05) is 13.1 Å². The third kappa shape index (κ3) is 3.96. The summed E-state index contributed by atoms with van der Waals surface area (Å²) >= 11 is 0. The summed E-state index contributed by atoms with van der Waals surface area (Å²) in [5.41, 5.74) is -1.73. The maximum atomic E-state index is 12.5. The molecule has 1 aliphatic carbocycles. The van der Waals surface area contributed by atoms with Crippen molar-refractivity contribution < 1.29 is 19.8 Å². The van der Waals surface area contributed by atoms with E-state index in [4.69, 9.17) is 0 Å². The number of hydrogen-bond acceptors (Lipinski definition) is 3. The summed E-state index contributed by atoms with van der Waals surface area (Å²) in [4.78, 5) is 25.9. The average Bonchev–Trinajstić information content (AvgIpc) is 2.64. The maximum Gasteiger partial charge on any atom is 0.310 e. The van der Waals surface area contributed by atoms with Gasteiger partial charge in [-0.3, -0.25) is 9.59 Å². The van der Waals surface area contributed by atoms with Crippen LogP contribution in [-0.4, -0.2) is 45.7 Å². The molecule has 120 valence electrons. The Kier molecular flexibility index (Phi) is 4.91. The van der Waals surface area contributed by atoms with Gasteiger partial charge in [0.05, 0.1) is 11.0 Å². The van der Waals surface area contributed by atoms with Crippen molar-refractivity contribution in [1.29, 1.82) is 0 Å². The van der Waals surface area contributed by atoms with Gasteiger partial charge in [-0.15, -0.1) is 0 Å². The van der Waals surface area contributed by atoms with Crippen LogP contribution in [0.3, 0.4) is 0 Å². The van der Waals surface area contributed by atoms with Gasteiger partial charge < -0.3 is 15.1 Å². The Balaban J connectivity index is 2.06. The zero-order valence-electron chi connectivity index (χ0n) is 12.9. The van der Waals surface area contributed by atoms with E-state index in [0.717, 1.165) is 32.1 Å². The predicted octanol–water partition coefficient (Wildman–Crippen LogP) is 2.18. The standard InChI is InChI=1S/C16H27NO4/c1-15(21)7-6-10-17(12-15)13(18)11-16(14(19)20)8-4-2-3-5-9-16/h21H,2-12H2,1H3,(H,19,20). The molecule has 5 nitrogen and oxygen atoms in total. The van der Waals surface area contributed by atoms with E-state index >= 15 is 0 Å². The fourth-order valence-electron chi connectivity index (χ4n) is 3.71. The van der Waals surface area contributed by atoms with E-state index in [9.17, 15) is 19.8 Å². The molecule has 2 rings (SSSR count). The van der Waals surface area contributed by atoms with Gasteiger partial charge in [0, 0.05) is 19.5 Å². The molecule has 1 unspecified atom stereocenters. The highest BCUT2D eigenvalue weighted by Crippen LogP contribution is 2.39. The quantitative estimate of drug-likeness (QED) is 0.783. The molecule has 1 amide bonds. The minimum absolute atomic E-state index is 0.0818. The van der Waals surface area contributed by atoms with Crippen LogP contribution < -0.4 is 0 Å². The third-order valence-electron chi connectivity index (χ3n) is 5.03. The Morgan fingerprint density at radius 2 is 1.67 bits per heavy atom. The van der Waals surface area contributed by atoms with Crippen molar-refractivity contribution in [3.05, 3.63) is 0 Å². The molecule has 21 heavy (non-hydrogen) atoms. The minimum Gasteiger partial charge on any atom is -0.481 e. The maximum absolute atomic E-state index is 12.5. The van der Waals surface area contributed by atoms with Crippen molar-refractivity contribution in [3.63, 3.8) is 0 Å². The van der Waals surface area contributed by atoms with Crippen LogP contribution in [0.5, 0.6) is 0 Å². The van der Waals surface area contributed by atoms with Gasteiger partial charge in [0.25, 0.3) is 0 Å². The summed E-state index contributed by atoms with van der Waals surface area (Å²) < 4.78 is 0. The number of nitrogens with zero attached hydrogens (tertiary/aromatic N) is 1. The number of carboxylic acid groups (broad SMARTS) is 1. The first-order valence-electron chi connectivity index (χ1n) is 8.08. The second kappa shape index (κ2) is 6.34. The lowest BCUT2D eigenvalue weighted by molar-refractivity contribution is -0.156. The Morgan fingerprint density at radius 1 is 1.05 bits per heavy atom. The van der Waals surface area contributed by atoms with Crippen molar-refractivity contribution in [2.24, 2.45) is 5.41 Å². The van der Waals surface area contributed by atoms with Crippen LogP contribution in [0.2, 0.25) is 0 Å². The first kappa shape index (κ1) is 16.3. The zero-order valence-corrected chi connectivity index (χ0v) is 12.9. The zero-order chi connectivity index (χ0) is 15.5. The van der Waals surface area contributed by atoms with Crippen LogP contribution in [0, 0.1) is 5.41 Å². The largest absolute Gasteiger partial charge is 0.481 e. The molecule has 1 saturated carbocycles. The highest BCUT2D eigenvalue weighted by Gasteiger charge is 2.42. The minimum atomic E-state index is -0.892. The number of carbonyl (C=O) groups is 2. The van der Waals surface area contributed by atoms with E-state index in [-0.39, 0.29) is 12.3 Å². The fraction of sp³-hybridized carbons (Fsp3) is 0.875. The number of aliphatic hydroxyl groups is 1. The van der Waals surface area contributed by atoms with Gasteiger partial charge in [-0.2, -0.15) is 0 Å². The van der Waals surface area contributed by atoms with Gasteiger partial charge in [-0.1, -0.05) is 25.7 Å². The van der Waals surface area contributed by atoms with Crippen LogP contribution in [0.25, 0.3) is 0 Å². The molecule has 1 atom stereocenters. The molecule has 2 fully saturated rings. The molecule has 1 aliphatic heterocycles. The van der Waals surface area contributed by atoms with Crippen LogP contribution >= 0.6 is 0 Å². The van der Waals surface area contributed by atoms with Gasteiger partial charge in [-0.05, 0) is 32.6 Å². The van der Waals surface area contributed by atoms with Crippen LogP contribution in [0.4, 0.5) is 0 Å². The molecule has 0 aromatic carbocycles. The number of rotatable bonds is 3. The van der Waals surface area contributed by atoms with Gasteiger partial charge in [0.1, 0.15) is 0 Å². The molecule has 0 spiro atoms. The van der Waals surface area contributed by atoms with Crippen LogP contribution in [0.15, 0.2) is 0 Å². The number of aliphatic carboxylic acids is 1. The van der Waals surface area contributed by atoms with Gasteiger partial charge in [0.2, 0.25) is 5.91 Å². The van der Waals surface area contributed by atoms with Crippen molar-refractivity contribution in [1.82, 2.24) is 4.90 Å². The van der Waals surface area contributed by atoms with E-state index in [1.165, 1.54) is 0 Å². The number of β-amino-alcohol motifs (C(OH)–C–C–N with tert-alkyl or cyclic N) is 1. The molecule has 1 heterocycles. The van der Waals surface area contributed by atoms with Gasteiger partial charge in [0.15, 0.2) is 0 Å². The topological polar surface area (TPSA) is 77.8 Å². The second-order valence-corrected chi connectivity index (χ2v) is 7.09. The molecular weight excluding hydrogens is 270 g/mol. The van der Waals surface area contributed by atoms with E-state index in [2.05, 4.69) is 0 Å². The molecule has 0 bridgehead atoms. The van der Waals surface area contributed by atoms with Gasteiger partial charge >= 0.3 is 5.97 Å². The summed E-state index contributed by atoms with van der Waals surface area (Å²) in [6.45, 7) is 2.69. The van der Waals surface area contributed by atoms with Crippen molar-refractivity contribution in [3.8, 4) is 0 Å². The third-order valence-corrected chi connectivity index (χ3v) is 5.03. The lowest BCUT2D eigenvalue weighted by Crippen LogP contribution is -2.50.